The quantitative estimate of drug-likeness (QED) is 0.382. The van der Waals surface area contributed by atoms with Crippen molar-refractivity contribution < 1.29 is 14.3 Å². The minimum atomic E-state index is -0.313. The standard InChI is InChI=1S/C29H38N6O4/c1-5-34-13-14-39-17-21(34)16-32-29(38)18(3)19-7-9-20(10-8-19)24-12-11-22-26(37)23(15-25(36)31-4)27(30)35(6-2)28(22)33-24/h7-12,18,21H,5-6,13-17,30H2,1-4H3,(H,31,36)(H,32,38). The number of anilines is 1. The number of morpholine rings is 1. The van der Waals surface area contributed by atoms with E-state index < -0.39 is 0 Å². The van der Waals surface area contributed by atoms with Gasteiger partial charge in [-0.1, -0.05) is 31.2 Å². The highest BCUT2D eigenvalue weighted by Gasteiger charge is 2.24. The predicted octanol–water partition coefficient (Wildman–Crippen LogP) is 1.89. The number of rotatable bonds is 9. The highest BCUT2D eigenvalue weighted by atomic mass is 16.5. The zero-order valence-electron chi connectivity index (χ0n) is 23.1. The van der Waals surface area contributed by atoms with Crippen molar-refractivity contribution in [1.82, 2.24) is 25.1 Å². The topological polar surface area (TPSA) is 132 Å². The SMILES string of the molecule is CCN1CCOCC1CNC(=O)C(C)c1ccc(-c2ccc3c(=O)c(CC(=O)NC)c(N)n(CC)c3n2)cc1. The number of nitrogens with zero attached hydrogens (tertiary/aromatic N) is 3. The number of carbonyl (C=O) groups excluding carboxylic acids is 2. The van der Waals surface area contributed by atoms with Crippen molar-refractivity contribution >= 4 is 28.7 Å². The predicted molar refractivity (Wildman–Crippen MR) is 153 cm³/mol. The monoisotopic (exact) mass is 534 g/mol. The molecule has 0 spiro atoms. The number of ether oxygens (including phenoxy) is 1. The van der Waals surface area contributed by atoms with Crippen molar-refractivity contribution in [3.63, 3.8) is 0 Å². The molecule has 4 rings (SSSR count). The molecular weight excluding hydrogens is 496 g/mol. The minimum Gasteiger partial charge on any atom is -0.385 e. The number of carbonyl (C=O) groups is 2. The fourth-order valence-corrected chi connectivity index (χ4v) is 5.05. The summed E-state index contributed by atoms with van der Waals surface area (Å²) >= 11 is 0. The van der Waals surface area contributed by atoms with Crippen molar-refractivity contribution in [2.24, 2.45) is 0 Å². The molecule has 0 radical (unpaired) electrons. The summed E-state index contributed by atoms with van der Waals surface area (Å²) in [5, 5.41) is 6.04. The molecule has 2 aromatic heterocycles. The van der Waals surface area contributed by atoms with Crippen LogP contribution in [0.2, 0.25) is 0 Å². The van der Waals surface area contributed by atoms with Crippen LogP contribution in [0, 0.1) is 0 Å². The lowest BCUT2D eigenvalue weighted by Crippen LogP contribution is -2.51. The van der Waals surface area contributed by atoms with Crippen LogP contribution in [0.25, 0.3) is 22.3 Å². The lowest BCUT2D eigenvalue weighted by molar-refractivity contribution is -0.123. The number of pyridine rings is 2. The van der Waals surface area contributed by atoms with E-state index >= 15 is 0 Å². The zero-order chi connectivity index (χ0) is 28.1. The minimum absolute atomic E-state index is 0.0248. The lowest BCUT2D eigenvalue weighted by atomic mass is 9.98. The van der Waals surface area contributed by atoms with E-state index in [9.17, 15) is 14.4 Å². The van der Waals surface area contributed by atoms with E-state index in [1.807, 2.05) is 38.1 Å². The Hall–Kier alpha value is -3.76. The second-order valence-corrected chi connectivity index (χ2v) is 9.80. The highest BCUT2D eigenvalue weighted by molar-refractivity contribution is 5.86. The Morgan fingerprint density at radius 1 is 1.15 bits per heavy atom. The normalized spacial score (nSPS) is 16.7. The smallest absolute Gasteiger partial charge is 0.227 e. The van der Waals surface area contributed by atoms with Crippen molar-refractivity contribution in [2.75, 3.05) is 45.6 Å². The molecule has 4 N–H and O–H groups in total. The molecule has 3 heterocycles. The first kappa shape index (κ1) is 28.3. The summed E-state index contributed by atoms with van der Waals surface area (Å²) in [6, 6.07) is 11.4. The van der Waals surface area contributed by atoms with Crippen molar-refractivity contribution in [1.29, 1.82) is 0 Å². The van der Waals surface area contributed by atoms with Gasteiger partial charge in [0.25, 0.3) is 0 Å². The van der Waals surface area contributed by atoms with Crippen LogP contribution in [0.15, 0.2) is 41.2 Å². The second-order valence-electron chi connectivity index (χ2n) is 9.80. The molecule has 10 heteroatoms. The van der Waals surface area contributed by atoms with Gasteiger partial charge in [0.2, 0.25) is 11.8 Å². The van der Waals surface area contributed by atoms with Crippen molar-refractivity contribution in [3.8, 4) is 11.3 Å². The number of amides is 2. The summed E-state index contributed by atoms with van der Waals surface area (Å²) in [6.45, 7) is 10.2. The Labute approximate surface area is 228 Å². The number of aromatic nitrogens is 2. The van der Waals surface area contributed by atoms with Crippen molar-refractivity contribution in [2.45, 2.75) is 45.7 Å². The summed E-state index contributed by atoms with van der Waals surface area (Å²) in [4.78, 5) is 45.1. The summed E-state index contributed by atoms with van der Waals surface area (Å²) in [6.07, 6.45) is -0.0859. The van der Waals surface area contributed by atoms with Gasteiger partial charge in [-0.3, -0.25) is 19.3 Å². The van der Waals surface area contributed by atoms with Crippen molar-refractivity contribution in [3.05, 3.63) is 57.7 Å². The molecule has 0 saturated carbocycles. The van der Waals surface area contributed by atoms with E-state index in [0.717, 1.165) is 30.8 Å². The molecule has 0 bridgehead atoms. The number of fused-ring (bicyclic) bond motifs is 1. The van der Waals surface area contributed by atoms with Gasteiger partial charge in [0.1, 0.15) is 11.5 Å². The van der Waals surface area contributed by atoms with Gasteiger partial charge in [-0.25, -0.2) is 4.98 Å². The number of benzene rings is 1. The maximum absolute atomic E-state index is 13.1. The molecule has 1 fully saturated rings. The summed E-state index contributed by atoms with van der Waals surface area (Å²) in [5.41, 5.74) is 9.22. The Morgan fingerprint density at radius 3 is 2.56 bits per heavy atom. The molecule has 1 aromatic carbocycles. The molecule has 2 atom stereocenters. The molecule has 1 saturated heterocycles. The number of likely N-dealkylation sites (N-methyl/N-ethyl adjacent to an activating group) is 2. The van der Waals surface area contributed by atoms with Crippen LogP contribution in [0.4, 0.5) is 5.82 Å². The average molecular weight is 535 g/mol. The fraction of sp³-hybridized carbons (Fsp3) is 0.448. The van der Waals surface area contributed by atoms with E-state index in [1.165, 1.54) is 7.05 Å². The lowest BCUT2D eigenvalue weighted by Gasteiger charge is -2.34. The molecule has 2 amide bonds. The maximum Gasteiger partial charge on any atom is 0.227 e. The van der Waals surface area contributed by atoms with Crippen LogP contribution < -0.4 is 21.8 Å². The van der Waals surface area contributed by atoms with Gasteiger partial charge in [-0.05, 0) is 38.1 Å². The molecule has 3 aromatic rings. The molecule has 10 nitrogen and oxygen atoms in total. The number of nitrogens with two attached hydrogens (primary N) is 1. The molecule has 2 unspecified atom stereocenters. The number of hydrogen-bond acceptors (Lipinski definition) is 7. The van der Waals surface area contributed by atoms with Gasteiger partial charge in [-0.15, -0.1) is 0 Å². The maximum atomic E-state index is 13.1. The molecule has 0 aliphatic carbocycles. The number of nitrogens with one attached hydrogen (secondary N) is 2. The number of aryl methyl sites for hydroxylation is 1. The van der Waals surface area contributed by atoms with Crippen LogP contribution in [-0.4, -0.2) is 72.2 Å². The Morgan fingerprint density at radius 2 is 1.90 bits per heavy atom. The number of hydrogen-bond donors (Lipinski definition) is 3. The summed E-state index contributed by atoms with van der Waals surface area (Å²) in [7, 11) is 1.52. The molecule has 39 heavy (non-hydrogen) atoms. The van der Waals surface area contributed by atoms with Gasteiger partial charge in [-0.2, -0.15) is 0 Å². The van der Waals surface area contributed by atoms with Crippen LogP contribution in [0.3, 0.4) is 0 Å². The first-order chi connectivity index (χ1) is 18.8. The van der Waals surface area contributed by atoms with E-state index in [-0.39, 0.29) is 47.0 Å². The van der Waals surface area contributed by atoms with E-state index in [4.69, 9.17) is 15.5 Å². The average Bonchev–Trinajstić information content (AvgIpc) is 2.97. The third-order valence-electron chi connectivity index (χ3n) is 7.55. The fourth-order valence-electron chi connectivity index (χ4n) is 5.05. The third-order valence-corrected chi connectivity index (χ3v) is 7.55. The summed E-state index contributed by atoms with van der Waals surface area (Å²) < 4.78 is 7.35. The largest absolute Gasteiger partial charge is 0.385 e. The van der Waals surface area contributed by atoms with Gasteiger partial charge in [0.05, 0.1) is 42.7 Å². The molecule has 208 valence electrons. The molecular formula is C29H38N6O4. The Balaban J connectivity index is 1.53. The number of nitrogen functional groups attached to an aromatic ring is 1. The van der Waals surface area contributed by atoms with Crippen LogP contribution >= 0.6 is 0 Å². The Bertz CT molecular complexity index is 1400. The third kappa shape index (κ3) is 5.97. The van der Waals surface area contributed by atoms with Gasteiger partial charge in [0.15, 0.2) is 5.43 Å². The highest BCUT2D eigenvalue weighted by Crippen LogP contribution is 2.25. The van der Waals surface area contributed by atoms with Crippen LogP contribution in [-0.2, 0) is 27.3 Å². The zero-order valence-corrected chi connectivity index (χ0v) is 23.1. The second kappa shape index (κ2) is 12.4. The molecule has 1 aliphatic heterocycles. The first-order valence-electron chi connectivity index (χ1n) is 13.5. The van der Waals surface area contributed by atoms with Gasteiger partial charge >= 0.3 is 0 Å². The van der Waals surface area contributed by atoms with E-state index in [0.29, 0.717) is 36.4 Å². The molecule has 1 aliphatic rings. The van der Waals surface area contributed by atoms with Crippen LogP contribution in [0.1, 0.15) is 37.8 Å². The Kier molecular flexibility index (Phi) is 8.98. The van der Waals surface area contributed by atoms with E-state index in [2.05, 4.69) is 22.5 Å². The van der Waals surface area contributed by atoms with Crippen LogP contribution in [0.5, 0.6) is 0 Å². The van der Waals surface area contributed by atoms with Gasteiger partial charge in [0, 0.05) is 37.8 Å². The van der Waals surface area contributed by atoms with E-state index in [1.54, 1.807) is 16.7 Å². The summed E-state index contributed by atoms with van der Waals surface area (Å²) in [5.74, 6) is -0.366. The first-order valence-corrected chi connectivity index (χ1v) is 13.5. The van der Waals surface area contributed by atoms with Gasteiger partial charge < -0.3 is 25.7 Å².